The van der Waals surface area contributed by atoms with Crippen LogP contribution in [0, 0.1) is 24.0 Å². The Kier molecular flexibility index (Phi) is 6.11. The molecular weight excluding hydrogens is 308 g/mol. The summed E-state index contributed by atoms with van der Waals surface area (Å²) >= 11 is 0. The average Bonchev–Trinajstić information content (AvgIpc) is 2.56. The van der Waals surface area contributed by atoms with E-state index in [-0.39, 0.29) is 12.4 Å². The molecule has 0 saturated carbocycles. The third-order valence-electron chi connectivity index (χ3n) is 3.45. The topological polar surface area (TPSA) is 12.5 Å². The highest BCUT2D eigenvalue weighted by molar-refractivity contribution is 5.65. The van der Waals surface area contributed by atoms with Crippen molar-refractivity contribution in [2.24, 2.45) is 0 Å². The molecule has 0 N–H and O–H groups in total. The average molecular weight is 327 g/mol. The van der Waals surface area contributed by atoms with Crippen LogP contribution in [0.1, 0.15) is 11.1 Å². The van der Waals surface area contributed by atoms with Gasteiger partial charge >= 0.3 is 0 Å². The fraction of sp³-hybridized carbons (Fsp3) is 0.200. The summed E-state index contributed by atoms with van der Waals surface area (Å²) in [5.74, 6) is 1.06. The van der Waals surface area contributed by atoms with Crippen LogP contribution in [0.3, 0.4) is 0 Å². The first-order valence-corrected chi connectivity index (χ1v) is 7.46. The Morgan fingerprint density at radius 2 is 2.00 bits per heavy atom. The molecule has 2 nitrogen and oxygen atoms in total. The Bertz CT molecular complexity index is 764. The molecule has 24 heavy (non-hydrogen) atoms. The third-order valence-corrected chi connectivity index (χ3v) is 3.45. The molecule has 0 unspecified atom stereocenters. The van der Waals surface area contributed by atoms with E-state index in [1.54, 1.807) is 0 Å². The van der Waals surface area contributed by atoms with Gasteiger partial charge in [0.1, 0.15) is 12.4 Å². The fourth-order valence-electron chi connectivity index (χ4n) is 2.24. The number of benzene rings is 2. The molecule has 0 radical (unpaired) electrons. The number of terminal acetylenes is 1. The molecule has 0 aromatic heterocycles. The van der Waals surface area contributed by atoms with Gasteiger partial charge in [0.15, 0.2) is 11.6 Å². The van der Waals surface area contributed by atoms with Crippen molar-refractivity contribution in [3.05, 3.63) is 71.8 Å². The smallest absolute Gasteiger partial charge is 0.162 e. The van der Waals surface area contributed by atoms with Crippen molar-refractivity contribution in [1.29, 1.82) is 0 Å². The lowest BCUT2D eigenvalue weighted by molar-refractivity contribution is 0.303. The van der Waals surface area contributed by atoms with Crippen LogP contribution in [-0.2, 0) is 6.61 Å². The summed E-state index contributed by atoms with van der Waals surface area (Å²) in [7, 11) is 1.93. The minimum absolute atomic E-state index is 0.256. The highest BCUT2D eigenvalue weighted by Crippen LogP contribution is 2.19. The van der Waals surface area contributed by atoms with E-state index in [1.165, 1.54) is 6.07 Å². The van der Waals surface area contributed by atoms with E-state index in [0.717, 1.165) is 28.8 Å². The molecule has 0 fully saturated rings. The predicted octanol–water partition coefficient (Wildman–Crippen LogP) is 4.12. The van der Waals surface area contributed by atoms with Crippen molar-refractivity contribution in [2.75, 3.05) is 20.1 Å². The zero-order chi connectivity index (χ0) is 17.5. The summed E-state index contributed by atoms with van der Waals surface area (Å²) in [6, 6.07) is 11.2. The minimum atomic E-state index is -0.925. The van der Waals surface area contributed by atoms with E-state index in [9.17, 15) is 8.78 Å². The Morgan fingerprint density at radius 1 is 1.21 bits per heavy atom. The molecule has 0 saturated heterocycles. The van der Waals surface area contributed by atoms with Crippen molar-refractivity contribution >= 4 is 5.57 Å². The normalized spacial score (nSPS) is 10.5. The number of nitrogens with zero attached hydrogens (tertiary/aromatic N) is 1. The number of hydrogen-bond acceptors (Lipinski definition) is 2. The van der Waals surface area contributed by atoms with Gasteiger partial charge in [-0.25, -0.2) is 8.78 Å². The molecule has 0 amide bonds. The number of likely N-dealkylation sites (N-methyl/N-ethyl adjacent to an activating group) is 1. The molecular formula is C20H19F2NO. The van der Waals surface area contributed by atoms with E-state index in [4.69, 9.17) is 11.2 Å². The molecule has 0 bridgehead atoms. The summed E-state index contributed by atoms with van der Waals surface area (Å²) in [6.45, 7) is 5.56. The van der Waals surface area contributed by atoms with E-state index >= 15 is 0 Å². The van der Waals surface area contributed by atoms with Crippen molar-refractivity contribution in [3.63, 3.8) is 0 Å². The van der Waals surface area contributed by atoms with Gasteiger partial charge in [-0.1, -0.05) is 30.7 Å². The molecule has 0 aliphatic carbocycles. The molecule has 0 heterocycles. The summed E-state index contributed by atoms with van der Waals surface area (Å²) in [5.41, 5.74) is 2.85. The molecule has 0 aliphatic rings. The summed E-state index contributed by atoms with van der Waals surface area (Å²) in [6.07, 6.45) is 5.29. The molecule has 124 valence electrons. The van der Waals surface area contributed by atoms with Crippen LogP contribution in [0.4, 0.5) is 8.78 Å². The van der Waals surface area contributed by atoms with Crippen LogP contribution in [-0.4, -0.2) is 25.0 Å². The summed E-state index contributed by atoms with van der Waals surface area (Å²) in [4.78, 5) is 1.99. The van der Waals surface area contributed by atoms with Gasteiger partial charge < -0.3 is 4.74 Å². The lowest BCUT2D eigenvalue weighted by Gasteiger charge is -2.16. The van der Waals surface area contributed by atoms with Crippen LogP contribution < -0.4 is 4.74 Å². The van der Waals surface area contributed by atoms with Crippen molar-refractivity contribution in [3.8, 4) is 18.1 Å². The highest BCUT2D eigenvalue weighted by Gasteiger charge is 2.06. The second-order valence-corrected chi connectivity index (χ2v) is 5.54. The fourth-order valence-corrected chi connectivity index (χ4v) is 2.24. The maximum Gasteiger partial charge on any atom is 0.162 e. The lowest BCUT2D eigenvalue weighted by atomic mass is 10.0. The van der Waals surface area contributed by atoms with Gasteiger partial charge in [0.25, 0.3) is 0 Å². The molecule has 0 atom stereocenters. The Hall–Kier alpha value is -2.64. The standard InChI is InChI=1S/C20H19F2NO/c1-4-10-23(3)13-15(2)17-7-5-6-16(11-17)14-24-18-8-9-19(21)20(22)12-18/h1,5-9,11-12H,2,10,13-14H2,3H3. The first kappa shape index (κ1) is 17.7. The van der Waals surface area contributed by atoms with E-state index < -0.39 is 11.6 Å². The van der Waals surface area contributed by atoms with E-state index in [0.29, 0.717) is 13.1 Å². The summed E-state index contributed by atoms with van der Waals surface area (Å²) < 4.78 is 31.6. The van der Waals surface area contributed by atoms with E-state index in [2.05, 4.69) is 12.5 Å². The van der Waals surface area contributed by atoms with Crippen LogP contribution >= 0.6 is 0 Å². The summed E-state index contributed by atoms with van der Waals surface area (Å²) in [5, 5.41) is 0. The number of ether oxygens (including phenoxy) is 1. The second kappa shape index (κ2) is 8.28. The second-order valence-electron chi connectivity index (χ2n) is 5.54. The largest absolute Gasteiger partial charge is 0.489 e. The Balaban J connectivity index is 2.00. The number of halogens is 2. The van der Waals surface area contributed by atoms with Crippen LogP contribution in [0.5, 0.6) is 5.75 Å². The molecule has 2 aromatic carbocycles. The van der Waals surface area contributed by atoms with Crippen molar-refractivity contribution < 1.29 is 13.5 Å². The molecule has 4 heteroatoms. The first-order chi connectivity index (χ1) is 11.5. The lowest BCUT2D eigenvalue weighted by Crippen LogP contribution is -2.20. The molecule has 0 spiro atoms. The Morgan fingerprint density at radius 3 is 2.71 bits per heavy atom. The van der Waals surface area contributed by atoms with Gasteiger partial charge in [0, 0.05) is 12.6 Å². The molecule has 2 rings (SSSR count). The molecule has 0 aliphatic heterocycles. The number of rotatable bonds is 7. The van der Waals surface area contributed by atoms with Crippen LogP contribution in [0.15, 0.2) is 49.0 Å². The van der Waals surface area contributed by atoms with Crippen molar-refractivity contribution in [2.45, 2.75) is 6.61 Å². The van der Waals surface area contributed by atoms with Crippen LogP contribution in [0.2, 0.25) is 0 Å². The van der Waals surface area contributed by atoms with E-state index in [1.807, 2.05) is 36.2 Å². The highest BCUT2D eigenvalue weighted by atomic mass is 19.2. The third kappa shape index (κ3) is 4.94. The predicted molar refractivity (Wildman–Crippen MR) is 92.5 cm³/mol. The first-order valence-electron chi connectivity index (χ1n) is 7.46. The number of hydrogen-bond donors (Lipinski definition) is 0. The van der Waals surface area contributed by atoms with Gasteiger partial charge in [-0.15, -0.1) is 6.42 Å². The zero-order valence-electron chi connectivity index (χ0n) is 13.6. The van der Waals surface area contributed by atoms with Crippen molar-refractivity contribution in [1.82, 2.24) is 4.90 Å². The monoisotopic (exact) mass is 327 g/mol. The SMILES string of the molecule is C#CCN(C)CC(=C)c1cccc(COc2ccc(F)c(F)c2)c1. The van der Waals surface area contributed by atoms with Gasteiger partial charge in [-0.05, 0) is 41.9 Å². The van der Waals surface area contributed by atoms with Gasteiger partial charge in [0.2, 0.25) is 0 Å². The van der Waals surface area contributed by atoms with Crippen LogP contribution in [0.25, 0.3) is 5.57 Å². The minimum Gasteiger partial charge on any atom is -0.489 e. The van der Waals surface area contributed by atoms with Gasteiger partial charge in [-0.2, -0.15) is 0 Å². The maximum atomic E-state index is 13.2. The van der Waals surface area contributed by atoms with Gasteiger partial charge in [0.05, 0.1) is 6.54 Å². The zero-order valence-corrected chi connectivity index (χ0v) is 13.6. The Labute approximate surface area is 141 Å². The maximum absolute atomic E-state index is 13.2. The molecule has 2 aromatic rings. The quantitative estimate of drug-likeness (QED) is 0.709. The van der Waals surface area contributed by atoms with Gasteiger partial charge in [-0.3, -0.25) is 4.90 Å².